The molecule has 20 heavy (non-hydrogen) atoms. The molecule has 0 spiro atoms. The van der Waals surface area contributed by atoms with Gasteiger partial charge >= 0.3 is 0 Å². The highest BCUT2D eigenvalue weighted by Crippen LogP contribution is 2.21. The van der Waals surface area contributed by atoms with Crippen molar-refractivity contribution in [2.24, 2.45) is 5.92 Å². The number of para-hydroxylation sites is 1. The van der Waals surface area contributed by atoms with Gasteiger partial charge in [0.25, 0.3) is 0 Å². The smallest absolute Gasteiger partial charge is 0.124 e. The maximum Gasteiger partial charge on any atom is 0.124 e. The van der Waals surface area contributed by atoms with Gasteiger partial charge in [-0.2, -0.15) is 0 Å². The molecule has 2 aromatic rings. The lowest BCUT2D eigenvalue weighted by molar-refractivity contribution is 0.105. The van der Waals surface area contributed by atoms with E-state index in [9.17, 15) is 0 Å². The maximum absolute atomic E-state index is 6.02. The molecule has 0 amide bonds. The highest BCUT2D eigenvalue weighted by molar-refractivity contribution is 6.16. The summed E-state index contributed by atoms with van der Waals surface area (Å²) in [7, 11) is 0. The molecular formula is C16H23ClN2O. The lowest BCUT2D eigenvalue weighted by atomic mass is 10.2. The number of benzene rings is 1. The predicted octanol–water partition coefficient (Wildman–Crippen LogP) is 4.15. The first-order chi connectivity index (χ1) is 9.63. The zero-order valence-electron chi connectivity index (χ0n) is 12.5. The fraction of sp³-hybridized carbons (Fsp3) is 0.562. The molecule has 1 aromatic carbocycles. The van der Waals surface area contributed by atoms with Crippen LogP contribution < -0.4 is 0 Å². The number of rotatable bonds is 7. The van der Waals surface area contributed by atoms with Gasteiger partial charge in [-0.15, -0.1) is 11.6 Å². The van der Waals surface area contributed by atoms with Gasteiger partial charge in [0, 0.05) is 19.8 Å². The first-order valence-corrected chi connectivity index (χ1v) is 7.75. The molecule has 0 aliphatic rings. The summed E-state index contributed by atoms with van der Waals surface area (Å²) in [6, 6.07) is 6.21. The van der Waals surface area contributed by atoms with Crippen LogP contribution in [-0.2, 0) is 17.2 Å². The summed E-state index contributed by atoms with van der Waals surface area (Å²) in [5.41, 5.74) is 3.48. The third-order valence-corrected chi connectivity index (χ3v) is 3.53. The standard InChI is InChI=1S/C16H23ClN2O/c1-12(2)11-20-9-5-8-19-15(10-17)18-14-7-4-6-13(3)16(14)19/h4,6-7,12H,5,8-11H2,1-3H3. The molecule has 0 unspecified atom stereocenters. The molecule has 0 saturated heterocycles. The molecule has 0 fully saturated rings. The van der Waals surface area contributed by atoms with E-state index in [-0.39, 0.29) is 0 Å². The Bertz CT molecular complexity index is 563. The van der Waals surface area contributed by atoms with Crippen molar-refractivity contribution in [3.8, 4) is 0 Å². The van der Waals surface area contributed by atoms with Crippen molar-refractivity contribution in [2.75, 3.05) is 13.2 Å². The number of ether oxygens (including phenoxy) is 1. The highest BCUT2D eigenvalue weighted by atomic mass is 35.5. The van der Waals surface area contributed by atoms with Gasteiger partial charge in [0.15, 0.2) is 0 Å². The van der Waals surface area contributed by atoms with Crippen LogP contribution in [0, 0.1) is 12.8 Å². The van der Waals surface area contributed by atoms with Crippen molar-refractivity contribution in [2.45, 2.75) is 39.6 Å². The second-order valence-electron chi connectivity index (χ2n) is 5.58. The molecule has 0 bridgehead atoms. The molecule has 0 atom stereocenters. The van der Waals surface area contributed by atoms with E-state index in [1.807, 2.05) is 12.1 Å². The maximum atomic E-state index is 6.02. The van der Waals surface area contributed by atoms with Gasteiger partial charge in [0.2, 0.25) is 0 Å². The van der Waals surface area contributed by atoms with Gasteiger partial charge in [-0.3, -0.25) is 0 Å². The molecule has 0 saturated carbocycles. The second-order valence-corrected chi connectivity index (χ2v) is 5.85. The van der Waals surface area contributed by atoms with Crippen LogP contribution in [0.2, 0.25) is 0 Å². The SMILES string of the molecule is Cc1cccc2nc(CCl)n(CCCOCC(C)C)c12. The van der Waals surface area contributed by atoms with E-state index in [1.54, 1.807) is 0 Å². The Labute approximate surface area is 125 Å². The van der Waals surface area contributed by atoms with Crippen LogP contribution in [0.15, 0.2) is 18.2 Å². The zero-order chi connectivity index (χ0) is 14.5. The minimum absolute atomic E-state index is 0.445. The van der Waals surface area contributed by atoms with Gasteiger partial charge in [-0.25, -0.2) is 4.98 Å². The van der Waals surface area contributed by atoms with Crippen LogP contribution in [-0.4, -0.2) is 22.8 Å². The number of aryl methyl sites for hydroxylation is 2. The average Bonchev–Trinajstić information content (AvgIpc) is 2.77. The van der Waals surface area contributed by atoms with Gasteiger partial charge < -0.3 is 9.30 Å². The molecule has 0 aliphatic heterocycles. The predicted molar refractivity (Wildman–Crippen MR) is 84.3 cm³/mol. The van der Waals surface area contributed by atoms with Gasteiger partial charge in [-0.1, -0.05) is 26.0 Å². The number of alkyl halides is 1. The summed E-state index contributed by atoms with van der Waals surface area (Å²) in [5.74, 6) is 1.98. The Balaban J connectivity index is 2.08. The third kappa shape index (κ3) is 3.53. The number of aromatic nitrogens is 2. The van der Waals surface area contributed by atoms with Crippen LogP contribution in [0.5, 0.6) is 0 Å². The number of halogens is 1. The van der Waals surface area contributed by atoms with E-state index in [2.05, 4.69) is 36.4 Å². The van der Waals surface area contributed by atoms with Crippen LogP contribution in [0.1, 0.15) is 31.7 Å². The van der Waals surface area contributed by atoms with Crippen molar-refractivity contribution in [3.05, 3.63) is 29.6 Å². The largest absolute Gasteiger partial charge is 0.381 e. The number of hydrogen-bond acceptors (Lipinski definition) is 2. The summed E-state index contributed by atoms with van der Waals surface area (Å²) in [6.45, 7) is 8.96. The molecule has 0 radical (unpaired) electrons. The highest BCUT2D eigenvalue weighted by Gasteiger charge is 2.11. The lowest BCUT2D eigenvalue weighted by Crippen LogP contribution is -2.08. The van der Waals surface area contributed by atoms with Crippen molar-refractivity contribution in [3.63, 3.8) is 0 Å². The Morgan fingerprint density at radius 3 is 2.85 bits per heavy atom. The quantitative estimate of drug-likeness (QED) is 0.567. The minimum Gasteiger partial charge on any atom is -0.381 e. The number of fused-ring (bicyclic) bond motifs is 1. The molecule has 4 heteroatoms. The molecular weight excluding hydrogens is 272 g/mol. The summed E-state index contributed by atoms with van der Waals surface area (Å²) in [6.07, 6.45) is 0.983. The van der Waals surface area contributed by atoms with Crippen molar-refractivity contribution in [1.29, 1.82) is 0 Å². The van der Waals surface area contributed by atoms with E-state index < -0.39 is 0 Å². The van der Waals surface area contributed by atoms with Crippen molar-refractivity contribution in [1.82, 2.24) is 9.55 Å². The van der Waals surface area contributed by atoms with E-state index in [1.165, 1.54) is 11.1 Å². The lowest BCUT2D eigenvalue weighted by Gasteiger charge is -2.10. The van der Waals surface area contributed by atoms with Crippen LogP contribution in [0.4, 0.5) is 0 Å². The topological polar surface area (TPSA) is 27.1 Å². The summed E-state index contributed by atoms with van der Waals surface area (Å²) < 4.78 is 7.87. The van der Waals surface area contributed by atoms with E-state index in [0.29, 0.717) is 11.8 Å². The minimum atomic E-state index is 0.445. The normalized spacial score (nSPS) is 11.7. The third-order valence-electron chi connectivity index (χ3n) is 3.29. The Morgan fingerprint density at radius 2 is 2.15 bits per heavy atom. The summed E-state index contributed by atoms with van der Waals surface area (Å²) >= 11 is 6.02. The van der Waals surface area contributed by atoms with Crippen molar-refractivity contribution < 1.29 is 4.74 Å². The van der Waals surface area contributed by atoms with E-state index in [4.69, 9.17) is 16.3 Å². The Hall–Kier alpha value is -1.06. The van der Waals surface area contributed by atoms with Gasteiger partial charge in [0.05, 0.1) is 16.9 Å². The first-order valence-electron chi connectivity index (χ1n) is 7.22. The van der Waals surface area contributed by atoms with Gasteiger partial charge in [0.1, 0.15) is 5.82 Å². The molecule has 0 aliphatic carbocycles. The summed E-state index contributed by atoms with van der Waals surface area (Å²) in [5, 5.41) is 0. The van der Waals surface area contributed by atoms with Gasteiger partial charge in [-0.05, 0) is 30.9 Å². The zero-order valence-corrected chi connectivity index (χ0v) is 13.3. The number of nitrogens with zero attached hydrogens (tertiary/aromatic N) is 2. The molecule has 1 aromatic heterocycles. The first kappa shape index (κ1) is 15.3. The molecule has 110 valence electrons. The Kier molecular flexibility index (Phi) is 5.44. The van der Waals surface area contributed by atoms with Crippen LogP contribution in [0.25, 0.3) is 11.0 Å². The Morgan fingerprint density at radius 1 is 1.35 bits per heavy atom. The molecule has 2 rings (SSSR count). The fourth-order valence-corrected chi connectivity index (χ4v) is 2.60. The molecule has 1 heterocycles. The molecule has 0 N–H and O–H groups in total. The fourth-order valence-electron chi connectivity index (χ4n) is 2.40. The second kappa shape index (κ2) is 7.09. The number of hydrogen-bond donors (Lipinski definition) is 0. The monoisotopic (exact) mass is 294 g/mol. The van der Waals surface area contributed by atoms with E-state index in [0.717, 1.165) is 37.5 Å². The average molecular weight is 295 g/mol. The van der Waals surface area contributed by atoms with Crippen LogP contribution >= 0.6 is 11.6 Å². The molecule has 3 nitrogen and oxygen atoms in total. The van der Waals surface area contributed by atoms with Crippen LogP contribution in [0.3, 0.4) is 0 Å². The summed E-state index contributed by atoms with van der Waals surface area (Å²) in [4.78, 5) is 4.61. The number of imidazole rings is 1. The van der Waals surface area contributed by atoms with Crippen molar-refractivity contribution >= 4 is 22.6 Å². The van der Waals surface area contributed by atoms with E-state index >= 15 is 0 Å².